The van der Waals surface area contributed by atoms with Crippen LogP contribution in [0.3, 0.4) is 0 Å². The molecule has 1 heterocycles. The molecule has 0 spiro atoms. The highest BCUT2D eigenvalue weighted by atomic mass is 79.9. The van der Waals surface area contributed by atoms with Crippen LogP contribution in [0.25, 0.3) is 0 Å². The number of rotatable bonds is 3. The van der Waals surface area contributed by atoms with Crippen molar-refractivity contribution in [1.29, 1.82) is 0 Å². The lowest BCUT2D eigenvalue weighted by Gasteiger charge is -2.20. The minimum Gasteiger partial charge on any atom is -0.384 e. The molecule has 0 atom stereocenters. The maximum atomic E-state index is 5.85. The third-order valence-electron chi connectivity index (χ3n) is 2.16. The molecule has 0 radical (unpaired) electrons. The van der Waals surface area contributed by atoms with E-state index >= 15 is 0 Å². The van der Waals surface area contributed by atoms with Crippen molar-refractivity contribution < 1.29 is 4.74 Å². The summed E-state index contributed by atoms with van der Waals surface area (Å²) >= 11 is 3.44. The molecule has 0 amide bonds. The van der Waals surface area contributed by atoms with Gasteiger partial charge in [-0.2, -0.15) is 0 Å². The Kier molecular flexibility index (Phi) is 4.27. The molecule has 16 heavy (non-hydrogen) atoms. The maximum absolute atomic E-state index is 5.85. The normalized spacial score (nSPS) is 11.8. The van der Waals surface area contributed by atoms with Gasteiger partial charge in [-0.05, 0) is 15.9 Å². The molecule has 4 nitrogen and oxygen atoms in total. The molecule has 2 N–H and O–H groups in total. The molecule has 1 rings (SSSR count). The highest BCUT2D eigenvalue weighted by molar-refractivity contribution is 9.10. The first-order chi connectivity index (χ1) is 7.36. The summed E-state index contributed by atoms with van der Waals surface area (Å²) in [6.07, 6.45) is 0.678. The molecule has 0 unspecified atom stereocenters. The Morgan fingerprint density at radius 1 is 1.31 bits per heavy atom. The smallest absolute Gasteiger partial charge is 0.141 e. The summed E-state index contributed by atoms with van der Waals surface area (Å²) in [5.41, 5.74) is 6.73. The maximum Gasteiger partial charge on any atom is 0.141 e. The molecular formula is C11H18BrN3O. The zero-order chi connectivity index (χ0) is 12.3. The van der Waals surface area contributed by atoms with Crippen LogP contribution >= 0.6 is 15.9 Å². The number of methoxy groups -OCH3 is 1. The van der Waals surface area contributed by atoms with Crippen LogP contribution < -0.4 is 5.73 Å². The highest BCUT2D eigenvalue weighted by Crippen LogP contribution is 2.30. The molecule has 0 aliphatic carbocycles. The summed E-state index contributed by atoms with van der Waals surface area (Å²) in [5.74, 6) is 1.22. The van der Waals surface area contributed by atoms with Gasteiger partial charge >= 0.3 is 0 Å². The third kappa shape index (κ3) is 3.15. The number of anilines is 1. The van der Waals surface area contributed by atoms with Crippen LogP contribution in [0.4, 0.5) is 5.82 Å². The van der Waals surface area contributed by atoms with Crippen molar-refractivity contribution in [2.24, 2.45) is 0 Å². The van der Waals surface area contributed by atoms with Gasteiger partial charge in [-0.1, -0.05) is 20.8 Å². The summed E-state index contributed by atoms with van der Waals surface area (Å²) < 4.78 is 5.80. The molecule has 1 aromatic heterocycles. The molecule has 0 aliphatic heterocycles. The number of ether oxygens (including phenoxy) is 1. The minimum atomic E-state index is -0.0578. The molecule has 0 saturated carbocycles. The first-order valence-electron chi connectivity index (χ1n) is 5.17. The predicted octanol–water partition coefficient (Wildman–Crippen LogP) is 2.31. The largest absolute Gasteiger partial charge is 0.384 e. The monoisotopic (exact) mass is 287 g/mol. The second-order valence-electron chi connectivity index (χ2n) is 4.68. The lowest BCUT2D eigenvalue weighted by molar-refractivity contribution is 0.200. The zero-order valence-corrected chi connectivity index (χ0v) is 11.8. The van der Waals surface area contributed by atoms with Gasteiger partial charge in [0.2, 0.25) is 0 Å². The summed E-state index contributed by atoms with van der Waals surface area (Å²) in [5, 5.41) is 0. The molecule has 90 valence electrons. The van der Waals surface area contributed by atoms with Crippen LogP contribution in [0.1, 0.15) is 32.3 Å². The molecule has 0 saturated heterocycles. The van der Waals surface area contributed by atoms with Crippen molar-refractivity contribution in [1.82, 2.24) is 9.97 Å². The molecule has 5 heteroatoms. The van der Waals surface area contributed by atoms with E-state index in [9.17, 15) is 0 Å². The highest BCUT2D eigenvalue weighted by Gasteiger charge is 2.22. The lowest BCUT2D eigenvalue weighted by atomic mass is 9.92. The summed E-state index contributed by atoms with van der Waals surface area (Å²) in [4.78, 5) is 8.75. The van der Waals surface area contributed by atoms with Crippen LogP contribution in [-0.4, -0.2) is 23.7 Å². The van der Waals surface area contributed by atoms with Crippen molar-refractivity contribution in [2.75, 3.05) is 19.5 Å². The first-order valence-corrected chi connectivity index (χ1v) is 5.97. The van der Waals surface area contributed by atoms with E-state index in [-0.39, 0.29) is 5.41 Å². The quantitative estimate of drug-likeness (QED) is 0.927. The molecule has 0 bridgehead atoms. The fourth-order valence-electron chi connectivity index (χ4n) is 1.31. The van der Waals surface area contributed by atoms with Gasteiger partial charge in [-0.3, -0.25) is 0 Å². The van der Waals surface area contributed by atoms with Gasteiger partial charge in [0, 0.05) is 18.9 Å². The summed E-state index contributed by atoms with van der Waals surface area (Å²) in [6, 6.07) is 0. The van der Waals surface area contributed by atoms with E-state index in [0.29, 0.717) is 18.8 Å². The van der Waals surface area contributed by atoms with Crippen molar-refractivity contribution in [3.8, 4) is 0 Å². The van der Waals surface area contributed by atoms with E-state index in [1.165, 1.54) is 0 Å². The zero-order valence-electron chi connectivity index (χ0n) is 10.2. The van der Waals surface area contributed by atoms with Crippen LogP contribution in [-0.2, 0) is 16.6 Å². The first kappa shape index (κ1) is 13.4. The number of halogens is 1. The Labute approximate surface area is 105 Å². The van der Waals surface area contributed by atoms with Crippen molar-refractivity contribution >= 4 is 21.7 Å². The van der Waals surface area contributed by atoms with Gasteiger partial charge in [0.25, 0.3) is 0 Å². The van der Waals surface area contributed by atoms with Gasteiger partial charge in [0.1, 0.15) is 11.6 Å². The fourth-order valence-corrected chi connectivity index (χ4v) is 2.09. The predicted molar refractivity (Wildman–Crippen MR) is 68.4 cm³/mol. The van der Waals surface area contributed by atoms with Crippen molar-refractivity contribution in [2.45, 2.75) is 32.6 Å². The van der Waals surface area contributed by atoms with Gasteiger partial charge in [-0.25, -0.2) is 9.97 Å². The van der Waals surface area contributed by atoms with Crippen LogP contribution in [0.5, 0.6) is 0 Å². The Hall–Kier alpha value is -0.680. The van der Waals surface area contributed by atoms with E-state index in [1.54, 1.807) is 7.11 Å². The number of hydrogen-bond acceptors (Lipinski definition) is 4. The number of nitrogens with zero attached hydrogens (tertiary/aromatic N) is 2. The summed E-state index contributed by atoms with van der Waals surface area (Å²) in [7, 11) is 1.66. The second kappa shape index (κ2) is 5.10. The minimum absolute atomic E-state index is 0.0578. The standard InChI is InChI=1S/C11H18BrN3O/c1-11(2,3)9-8(12)10(13)15-7(14-9)5-6-16-4/h5-6H2,1-4H3,(H2,13,14,15). The molecule has 0 aliphatic rings. The number of aromatic nitrogens is 2. The Morgan fingerprint density at radius 3 is 2.44 bits per heavy atom. The Balaban J connectivity index is 3.12. The van der Waals surface area contributed by atoms with Crippen molar-refractivity contribution in [3.63, 3.8) is 0 Å². The molecule has 0 fully saturated rings. The molecular weight excluding hydrogens is 270 g/mol. The second-order valence-corrected chi connectivity index (χ2v) is 5.47. The van der Waals surface area contributed by atoms with E-state index in [2.05, 4.69) is 46.7 Å². The average molecular weight is 288 g/mol. The number of nitrogens with two attached hydrogens (primary N) is 1. The van der Waals surface area contributed by atoms with E-state index < -0.39 is 0 Å². The van der Waals surface area contributed by atoms with Crippen LogP contribution in [0.2, 0.25) is 0 Å². The number of nitrogen functional groups attached to an aromatic ring is 1. The van der Waals surface area contributed by atoms with Gasteiger partial charge < -0.3 is 10.5 Å². The van der Waals surface area contributed by atoms with Gasteiger partial charge in [0.05, 0.1) is 16.8 Å². The average Bonchev–Trinajstić information content (AvgIpc) is 2.17. The van der Waals surface area contributed by atoms with E-state index in [1.807, 2.05) is 0 Å². The van der Waals surface area contributed by atoms with E-state index in [4.69, 9.17) is 10.5 Å². The lowest BCUT2D eigenvalue weighted by Crippen LogP contribution is -2.18. The van der Waals surface area contributed by atoms with Gasteiger partial charge in [0.15, 0.2) is 0 Å². The van der Waals surface area contributed by atoms with Crippen molar-refractivity contribution in [3.05, 3.63) is 16.0 Å². The Bertz CT molecular complexity index is 374. The van der Waals surface area contributed by atoms with Crippen LogP contribution in [0.15, 0.2) is 4.47 Å². The third-order valence-corrected chi connectivity index (χ3v) is 2.95. The SMILES string of the molecule is COCCc1nc(N)c(Br)c(C(C)(C)C)n1. The molecule has 0 aromatic carbocycles. The fraction of sp³-hybridized carbons (Fsp3) is 0.636. The number of hydrogen-bond donors (Lipinski definition) is 1. The molecule has 1 aromatic rings. The van der Waals surface area contributed by atoms with Gasteiger partial charge in [-0.15, -0.1) is 0 Å². The topological polar surface area (TPSA) is 61.0 Å². The summed E-state index contributed by atoms with van der Waals surface area (Å²) in [6.45, 7) is 6.89. The van der Waals surface area contributed by atoms with Crippen LogP contribution in [0, 0.1) is 0 Å². The Morgan fingerprint density at radius 2 is 1.94 bits per heavy atom. The van der Waals surface area contributed by atoms with E-state index in [0.717, 1.165) is 16.0 Å².